The maximum atomic E-state index is 14.6. The van der Waals surface area contributed by atoms with Gasteiger partial charge >= 0.3 is 6.03 Å². The van der Waals surface area contributed by atoms with Crippen molar-refractivity contribution in [2.24, 2.45) is 22.2 Å². The lowest BCUT2D eigenvalue weighted by Gasteiger charge is -2.28. The second kappa shape index (κ2) is 24.2. The molecule has 70 heavy (non-hydrogen) atoms. The van der Waals surface area contributed by atoms with Crippen molar-refractivity contribution in [1.29, 1.82) is 0 Å². The van der Waals surface area contributed by atoms with E-state index in [-0.39, 0.29) is 64.0 Å². The van der Waals surface area contributed by atoms with Crippen LogP contribution in [0.15, 0.2) is 78.3 Å². The van der Waals surface area contributed by atoms with E-state index in [1.165, 1.54) is 19.4 Å². The van der Waals surface area contributed by atoms with Crippen molar-refractivity contribution in [2.75, 3.05) is 19.6 Å². The van der Waals surface area contributed by atoms with Crippen molar-refractivity contribution in [1.82, 2.24) is 57.1 Å². The Bertz CT molecular complexity index is 2560. The fourth-order valence-electron chi connectivity index (χ4n) is 8.19. The van der Waals surface area contributed by atoms with Crippen molar-refractivity contribution in [3.05, 3.63) is 90.1 Å². The maximum absolute atomic E-state index is 14.6. The summed E-state index contributed by atoms with van der Waals surface area (Å²) in [6, 6.07) is 5.60. The fourth-order valence-corrected chi connectivity index (χ4v) is 8.19. The number of Topliss-reactive ketones (excluding diaryl/α,β-unsaturated/α-hetero) is 1. The Hall–Kier alpha value is -8.15. The number of aromatic amines is 2. The number of aliphatic imine (C=N–C) groups is 1. The third kappa shape index (κ3) is 13.7. The van der Waals surface area contributed by atoms with Crippen molar-refractivity contribution in [3.8, 4) is 0 Å². The van der Waals surface area contributed by atoms with Crippen LogP contribution in [-0.4, -0.2) is 141 Å². The van der Waals surface area contributed by atoms with Crippen LogP contribution in [0.5, 0.6) is 0 Å². The predicted molar refractivity (Wildman–Crippen MR) is 254 cm³/mol. The van der Waals surface area contributed by atoms with Crippen molar-refractivity contribution in [3.63, 3.8) is 0 Å². The van der Waals surface area contributed by atoms with Gasteiger partial charge < -0.3 is 64.4 Å². The number of aromatic nitrogens is 3. The van der Waals surface area contributed by atoms with Crippen LogP contribution < -0.4 is 54.4 Å². The van der Waals surface area contributed by atoms with E-state index in [2.05, 4.69) is 57.2 Å². The summed E-state index contributed by atoms with van der Waals surface area (Å²) in [4.78, 5) is 139. The minimum absolute atomic E-state index is 0.00860. The van der Waals surface area contributed by atoms with Crippen molar-refractivity contribution < 1.29 is 43.2 Å². The van der Waals surface area contributed by atoms with Gasteiger partial charge in [0.1, 0.15) is 36.3 Å². The Kier molecular flexibility index (Phi) is 17.7. The van der Waals surface area contributed by atoms with Crippen LogP contribution in [0.25, 0.3) is 10.9 Å². The van der Waals surface area contributed by atoms with Crippen LogP contribution in [0, 0.1) is 0 Å². The lowest BCUT2D eigenvalue weighted by Crippen LogP contribution is -2.60. The van der Waals surface area contributed by atoms with E-state index in [4.69, 9.17) is 17.2 Å². The first-order valence-electron chi connectivity index (χ1n) is 22.9. The average Bonchev–Trinajstić information content (AvgIpc) is 4.08. The van der Waals surface area contributed by atoms with E-state index >= 15 is 0 Å². The molecule has 0 aliphatic carbocycles. The summed E-state index contributed by atoms with van der Waals surface area (Å²) in [7, 11) is 0. The first kappa shape index (κ1) is 51.2. The number of imidazole rings is 1. The molecule has 15 N–H and O–H groups in total. The topological polar surface area (TPSA) is 376 Å². The zero-order valence-corrected chi connectivity index (χ0v) is 38.5. The zero-order chi connectivity index (χ0) is 50.3. The van der Waals surface area contributed by atoms with Crippen molar-refractivity contribution >= 4 is 70.0 Å². The number of nitrogens with one attached hydrogen (secondary N) is 9. The minimum atomic E-state index is -1.47. The Morgan fingerprint density at radius 1 is 0.757 bits per heavy atom. The number of hydrogen-bond acceptors (Lipinski definition) is 12. The standard InChI is InChI=1S/C46H59N15O9/c1-25-39(64)57-35(19-28-23-50-24-54-28)43(68)58-33(17-26-9-3-2-4-10-26)41(66)56-32(14-8-16-52-45(48)49)40(65)59-34(18-27-22-53-30-12-6-5-11-29(27)30)42(67)55-31(37(62)21-47)13-7-15-51-38(63)20-36-44(69)61(25)46(70)60-36/h2-6,9-12,22-25,31-36,53H,7-8,13-21,47H2,1H3,(H,50,54)(H,51,63)(H,55,67)(H,56,66)(H,57,64)(H,58,68)(H,59,65)(H,60,70)(H4,48,49,52)/t25-,31+,32+,33-,34+,35+,36+/m1/s1. The van der Waals surface area contributed by atoms with E-state index in [0.717, 1.165) is 10.9 Å². The third-order valence-electron chi connectivity index (χ3n) is 11.9. The molecular weight excluding hydrogens is 907 g/mol. The number of rotatable bonds is 12. The van der Waals surface area contributed by atoms with Crippen LogP contribution in [0.1, 0.15) is 55.8 Å². The molecule has 24 nitrogen and oxygen atoms in total. The molecule has 2 fully saturated rings. The number of guanidine groups is 1. The van der Waals surface area contributed by atoms with E-state index in [0.29, 0.717) is 21.7 Å². The number of H-pyrrole nitrogens is 2. The van der Waals surface area contributed by atoms with Gasteiger partial charge in [-0.2, -0.15) is 0 Å². The normalized spacial score (nSPS) is 23.6. The monoisotopic (exact) mass is 965 g/mol. The van der Waals surface area contributed by atoms with Gasteiger partial charge in [0.05, 0.1) is 25.3 Å². The number of nitrogens with two attached hydrogens (primary N) is 3. The molecule has 24 heteroatoms. The second-order valence-corrected chi connectivity index (χ2v) is 17.0. The molecule has 7 atom stereocenters. The Balaban J connectivity index is 1.37. The van der Waals surface area contributed by atoms with Gasteiger partial charge in [-0.15, -0.1) is 0 Å². The second-order valence-electron chi connectivity index (χ2n) is 17.0. The average molecular weight is 966 g/mol. The summed E-state index contributed by atoms with van der Waals surface area (Å²) in [5.74, 6) is -6.35. The number of hydrogen-bond donors (Lipinski definition) is 12. The summed E-state index contributed by atoms with van der Waals surface area (Å²) in [5, 5.41) is 19.5. The van der Waals surface area contributed by atoms with Gasteiger partial charge in [0.2, 0.25) is 35.4 Å². The maximum Gasteiger partial charge on any atom is 0.325 e. The Morgan fingerprint density at radius 3 is 2.10 bits per heavy atom. The highest BCUT2D eigenvalue weighted by Gasteiger charge is 2.44. The number of benzene rings is 2. The Labute approximate surface area is 401 Å². The van der Waals surface area contributed by atoms with Crippen LogP contribution >= 0.6 is 0 Å². The molecular formula is C46H59N15O9. The van der Waals surface area contributed by atoms with Crippen LogP contribution in [0.4, 0.5) is 4.79 Å². The molecule has 4 aromatic rings. The number of para-hydroxylation sites is 1. The number of nitrogens with zero attached hydrogens (tertiary/aromatic N) is 3. The number of imide groups is 1. The summed E-state index contributed by atoms with van der Waals surface area (Å²) in [6.07, 6.45) is 3.92. The van der Waals surface area contributed by atoms with Crippen molar-refractivity contribution in [2.45, 2.75) is 101 Å². The summed E-state index contributed by atoms with van der Waals surface area (Å²) >= 11 is 0. The fraction of sp³-hybridized carbons (Fsp3) is 0.413. The number of amides is 9. The molecule has 0 saturated carbocycles. The van der Waals surface area contributed by atoms with Gasteiger partial charge in [-0.3, -0.25) is 48.2 Å². The molecule has 6 rings (SSSR count). The van der Waals surface area contributed by atoms with Crippen LogP contribution in [0.3, 0.4) is 0 Å². The van der Waals surface area contributed by atoms with Gasteiger partial charge in [0.15, 0.2) is 11.7 Å². The Morgan fingerprint density at radius 2 is 1.40 bits per heavy atom. The third-order valence-corrected chi connectivity index (χ3v) is 11.9. The predicted octanol–water partition coefficient (Wildman–Crippen LogP) is -2.47. The lowest BCUT2D eigenvalue weighted by atomic mass is 10.0. The molecule has 2 aromatic heterocycles. The number of carbonyl (C=O) groups excluding carboxylic acids is 9. The molecule has 9 amide bonds. The summed E-state index contributed by atoms with van der Waals surface area (Å²) < 4.78 is 0. The van der Waals surface area contributed by atoms with Crippen LogP contribution in [-0.2, 0) is 57.6 Å². The molecule has 372 valence electrons. The molecule has 4 heterocycles. The number of urea groups is 1. The molecule has 2 aliphatic heterocycles. The number of fused-ring (bicyclic) bond motifs is 3. The van der Waals surface area contributed by atoms with Gasteiger partial charge in [-0.1, -0.05) is 48.5 Å². The number of carbonyl (C=O) groups is 9. The molecule has 0 radical (unpaired) electrons. The summed E-state index contributed by atoms with van der Waals surface area (Å²) in [5.41, 5.74) is 19.3. The molecule has 2 saturated heterocycles. The molecule has 0 spiro atoms. The minimum Gasteiger partial charge on any atom is -0.370 e. The highest BCUT2D eigenvalue weighted by Crippen LogP contribution is 2.20. The van der Waals surface area contributed by atoms with Gasteiger partial charge in [-0.25, -0.2) is 9.78 Å². The van der Waals surface area contributed by atoms with E-state index < -0.39 is 108 Å². The highest BCUT2D eigenvalue weighted by atomic mass is 16.2. The zero-order valence-electron chi connectivity index (χ0n) is 38.5. The first-order chi connectivity index (χ1) is 33.6. The smallest absolute Gasteiger partial charge is 0.325 e. The van der Waals surface area contributed by atoms with E-state index in [1.54, 1.807) is 36.5 Å². The highest BCUT2D eigenvalue weighted by molar-refractivity contribution is 6.09. The lowest BCUT2D eigenvalue weighted by molar-refractivity contribution is -0.138. The van der Waals surface area contributed by atoms with E-state index in [1.807, 2.05) is 24.3 Å². The molecule has 2 aliphatic rings. The number of ketones is 1. The van der Waals surface area contributed by atoms with Crippen LogP contribution in [0.2, 0.25) is 0 Å². The SMILES string of the molecule is C[C@@H]1C(=O)N[C@@H](Cc2cnc[nH]2)C(=O)N[C@H](Cc2ccccc2)C(=O)N[C@@H](CCCN=C(N)N)C(=O)N[C@@H](Cc2c[nH]c3ccccc23)C(=O)N[C@H](C(=O)CN)CCCNC(=O)C[C@@H]2NC(=O)N1C2=O. The van der Waals surface area contributed by atoms with Gasteiger partial charge in [-0.05, 0) is 49.8 Å². The largest absolute Gasteiger partial charge is 0.370 e. The molecule has 2 aromatic carbocycles. The summed E-state index contributed by atoms with van der Waals surface area (Å²) in [6.45, 7) is 0.886. The van der Waals surface area contributed by atoms with E-state index in [9.17, 15) is 43.2 Å². The van der Waals surface area contributed by atoms with Gasteiger partial charge in [0, 0.05) is 61.3 Å². The molecule has 0 unspecified atom stereocenters. The van der Waals surface area contributed by atoms with Gasteiger partial charge in [0.25, 0.3) is 5.91 Å². The first-order valence-corrected chi connectivity index (χ1v) is 22.9. The quantitative estimate of drug-likeness (QED) is 0.0304. The molecule has 2 bridgehead atoms.